The molecule has 0 spiro atoms. The molecule has 2 aromatic rings. The number of aromatic amines is 1. The summed E-state index contributed by atoms with van der Waals surface area (Å²) in [5.41, 5.74) is 6.28. The molecule has 0 bridgehead atoms. The number of hydrogen-bond donors (Lipinski definition) is 3. The van der Waals surface area contributed by atoms with Crippen molar-refractivity contribution in [3.63, 3.8) is 0 Å². The van der Waals surface area contributed by atoms with Gasteiger partial charge in [-0.05, 0) is 13.0 Å². The van der Waals surface area contributed by atoms with Crippen LogP contribution in [0.3, 0.4) is 0 Å². The minimum Gasteiger partial charge on any atom is -0.385 e. The van der Waals surface area contributed by atoms with Crippen molar-refractivity contribution < 1.29 is 5.11 Å². The number of aliphatic hydroxyl groups excluding tert-OH is 1. The number of nitrogens with one attached hydrogen (secondary N) is 1. The van der Waals surface area contributed by atoms with Gasteiger partial charge in [0.15, 0.2) is 11.6 Å². The molecule has 1 unspecified atom stereocenters. The van der Waals surface area contributed by atoms with Crippen molar-refractivity contribution in [2.45, 2.75) is 12.5 Å². The average molecular weight is 218 g/mol. The molecule has 0 aliphatic heterocycles. The highest BCUT2D eigenvalue weighted by Crippen LogP contribution is 2.17. The number of nitrogens with two attached hydrogens (primary N) is 1. The maximum Gasteiger partial charge on any atom is 0.181 e. The summed E-state index contributed by atoms with van der Waals surface area (Å²) in [6, 6.07) is 9.61. The molecule has 1 atom stereocenters. The number of H-pyrrole nitrogens is 1. The Morgan fingerprint density at radius 3 is 2.75 bits per heavy atom. The van der Waals surface area contributed by atoms with Gasteiger partial charge < -0.3 is 10.8 Å². The molecular weight excluding hydrogens is 204 g/mol. The summed E-state index contributed by atoms with van der Waals surface area (Å²) in [6.45, 7) is 0.419. The third-order valence-electron chi connectivity index (χ3n) is 2.29. The minimum absolute atomic E-state index is 0.419. The fourth-order valence-corrected chi connectivity index (χ4v) is 1.43. The van der Waals surface area contributed by atoms with Crippen LogP contribution in [0.2, 0.25) is 0 Å². The molecule has 0 saturated carbocycles. The molecule has 2 rings (SSSR count). The molecule has 5 nitrogen and oxygen atoms in total. The van der Waals surface area contributed by atoms with Crippen LogP contribution in [-0.4, -0.2) is 26.8 Å². The van der Waals surface area contributed by atoms with E-state index >= 15 is 0 Å². The van der Waals surface area contributed by atoms with Gasteiger partial charge in [0.1, 0.15) is 6.10 Å². The van der Waals surface area contributed by atoms with Gasteiger partial charge in [0.05, 0.1) is 0 Å². The van der Waals surface area contributed by atoms with Gasteiger partial charge in [-0.15, -0.1) is 0 Å². The number of aliphatic hydroxyl groups is 1. The van der Waals surface area contributed by atoms with Gasteiger partial charge in [-0.2, -0.15) is 5.10 Å². The normalized spacial score (nSPS) is 12.6. The second kappa shape index (κ2) is 4.87. The Morgan fingerprint density at radius 1 is 1.31 bits per heavy atom. The number of benzene rings is 1. The Bertz CT molecular complexity index is 440. The summed E-state index contributed by atoms with van der Waals surface area (Å²) < 4.78 is 0. The monoisotopic (exact) mass is 218 g/mol. The van der Waals surface area contributed by atoms with E-state index in [0.717, 1.165) is 5.56 Å². The number of rotatable bonds is 4. The lowest BCUT2D eigenvalue weighted by atomic mass is 10.2. The third-order valence-corrected chi connectivity index (χ3v) is 2.29. The molecule has 1 aromatic heterocycles. The molecule has 0 saturated heterocycles. The first kappa shape index (κ1) is 10.8. The Kier molecular flexibility index (Phi) is 3.28. The highest BCUT2D eigenvalue weighted by atomic mass is 16.3. The van der Waals surface area contributed by atoms with Gasteiger partial charge in [0.2, 0.25) is 0 Å². The van der Waals surface area contributed by atoms with E-state index in [1.165, 1.54) is 0 Å². The summed E-state index contributed by atoms with van der Waals surface area (Å²) in [7, 11) is 0. The Hall–Kier alpha value is -1.72. The van der Waals surface area contributed by atoms with Crippen LogP contribution in [0.25, 0.3) is 11.4 Å². The molecule has 1 aromatic carbocycles. The van der Waals surface area contributed by atoms with E-state index in [1.54, 1.807) is 0 Å². The van der Waals surface area contributed by atoms with Crippen LogP contribution in [0.5, 0.6) is 0 Å². The topological polar surface area (TPSA) is 87.8 Å². The van der Waals surface area contributed by atoms with Gasteiger partial charge in [0, 0.05) is 5.56 Å². The zero-order valence-corrected chi connectivity index (χ0v) is 8.80. The lowest BCUT2D eigenvalue weighted by Crippen LogP contribution is -2.07. The van der Waals surface area contributed by atoms with E-state index in [2.05, 4.69) is 15.2 Å². The van der Waals surface area contributed by atoms with Crippen LogP contribution >= 0.6 is 0 Å². The molecule has 5 heteroatoms. The highest BCUT2D eigenvalue weighted by molar-refractivity contribution is 5.53. The largest absolute Gasteiger partial charge is 0.385 e. The first-order chi connectivity index (χ1) is 7.81. The van der Waals surface area contributed by atoms with Crippen LogP contribution in [0.1, 0.15) is 18.3 Å². The molecule has 0 fully saturated rings. The van der Waals surface area contributed by atoms with E-state index in [-0.39, 0.29) is 0 Å². The fourth-order valence-electron chi connectivity index (χ4n) is 1.43. The van der Waals surface area contributed by atoms with Crippen molar-refractivity contribution in [2.24, 2.45) is 5.73 Å². The van der Waals surface area contributed by atoms with E-state index in [4.69, 9.17) is 5.73 Å². The van der Waals surface area contributed by atoms with Crippen molar-refractivity contribution >= 4 is 0 Å². The fraction of sp³-hybridized carbons (Fsp3) is 0.273. The van der Waals surface area contributed by atoms with Gasteiger partial charge >= 0.3 is 0 Å². The second-order valence-corrected chi connectivity index (χ2v) is 3.50. The molecule has 0 amide bonds. The van der Waals surface area contributed by atoms with Crippen LogP contribution in [0, 0.1) is 0 Å². The molecule has 16 heavy (non-hydrogen) atoms. The van der Waals surface area contributed by atoms with Crippen LogP contribution in [-0.2, 0) is 0 Å². The van der Waals surface area contributed by atoms with Crippen LogP contribution < -0.4 is 5.73 Å². The molecule has 0 radical (unpaired) electrons. The quantitative estimate of drug-likeness (QED) is 0.710. The maximum atomic E-state index is 9.67. The molecule has 84 valence electrons. The summed E-state index contributed by atoms with van der Waals surface area (Å²) in [5.74, 6) is 1.05. The van der Waals surface area contributed by atoms with Gasteiger partial charge in [-0.25, -0.2) is 4.98 Å². The molecular formula is C11H14N4O. The molecule has 0 aliphatic rings. The van der Waals surface area contributed by atoms with Crippen molar-refractivity contribution in [2.75, 3.05) is 6.54 Å². The number of hydrogen-bond acceptors (Lipinski definition) is 4. The Labute approximate surface area is 93.3 Å². The third kappa shape index (κ3) is 2.26. The van der Waals surface area contributed by atoms with Crippen molar-refractivity contribution in [1.29, 1.82) is 0 Å². The Balaban J connectivity index is 2.20. The summed E-state index contributed by atoms with van der Waals surface area (Å²) in [5, 5.41) is 16.4. The van der Waals surface area contributed by atoms with Crippen molar-refractivity contribution in [3.05, 3.63) is 36.2 Å². The summed E-state index contributed by atoms with van der Waals surface area (Å²) in [4.78, 5) is 4.23. The average Bonchev–Trinajstić information content (AvgIpc) is 2.80. The SMILES string of the molecule is NCCC(O)c1nc(-c2ccccc2)n[nH]1. The van der Waals surface area contributed by atoms with E-state index in [0.29, 0.717) is 24.6 Å². The number of aromatic nitrogens is 3. The van der Waals surface area contributed by atoms with E-state index in [9.17, 15) is 5.11 Å². The lowest BCUT2D eigenvalue weighted by molar-refractivity contribution is 0.161. The molecule has 0 aliphatic carbocycles. The van der Waals surface area contributed by atoms with E-state index in [1.807, 2.05) is 30.3 Å². The molecule has 4 N–H and O–H groups in total. The van der Waals surface area contributed by atoms with Crippen LogP contribution in [0.4, 0.5) is 0 Å². The summed E-state index contributed by atoms with van der Waals surface area (Å²) in [6.07, 6.45) is -0.196. The Morgan fingerprint density at radius 2 is 2.06 bits per heavy atom. The zero-order valence-electron chi connectivity index (χ0n) is 8.80. The van der Waals surface area contributed by atoms with Crippen molar-refractivity contribution in [3.8, 4) is 11.4 Å². The van der Waals surface area contributed by atoms with Crippen LogP contribution in [0.15, 0.2) is 30.3 Å². The first-order valence-corrected chi connectivity index (χ1v) is 5.17. The number of nitrogens with zero attached hydrogens (tertiary/aromatic N) is 2. The highest BCUT2D eigenvalue weighted by Gasteiger charge is 2.12. The second-order valence-electron chi connectivity index (χ2n) is 3.50. The maximum absolute atomic E-state index is 9.67. The van der Waals surface area contributed by atoms with Crippen molar-refractivity contribution in [1.82, 2.24) is 15.2 Å². The molecule has 1 heterocycles. The first-order valence-electron chi connectivity index (χ1n) is 5.17. The van der Waals surface area contributed by atoms with Gasteiger partial charge in [0.25, 0.3) is 0 Å². The minimum atomic E-state index is -0.671. The predicted molar refractivity (Wildman–Crippen MR) is 60.4 cm³/mol. The smallest absolute Gasteiger partial charge is 0.181 e. The van der Waals surface area contributed by atoms with Gasteiger partial charge in [-0.3, -0.25) is 5.10 Å². The predicted octanol–water partition coefficient (Wildman–Crippen LogP) is 0.854. The van der Waals surface area contributed by atoms with Gasteiger partial charge in [-0.1, -0.05) is 30.3 Å². The zero-order chi connectivity index (χ0) is 11.4. The standard InChI is InChI=1S/C11H14N4O/c12-7-6-9(16)11-13-10(14-15-11)8-4-2-1-3-5-8/h1-5,9,16H,6-7,12H2,(H,13,14,15). The summed E-state index contributed by atoms with van der Waals surface area (Å²) >= 11 is 0. The lowest BCUT2D eigenvalue weighted by Gasteiger charge is -2.03. The van der Waals surface area contributed by atoms with E-state index < -0.39 is 6.10 Å².